The number of rotatable bonds is 5. The van der Waals surface area contributed by atoms with Crippen LogP contribution < -0.4 is 14.2 Å². The average Bonchev–Trinajstić information content (AvgIpc) is 3.18. The number of ether oxygens (including phenoxy) is 3. The fraction of sp³-hybridized carbons (Fsp3) is 0.318. The lowest BCUT2D eigenvalue weighted by Gasteiger charge is -2.26. The van der Waals surface area contributed by atoms with Crippen LogP contribution in [0.15, 0.2) is 54.9 Å². The third-order valence-corrected chi connectivity index (χ3v) is 4.91. The summed E-state index contributed by atoms with van der Waals surface area (Å²) < 4.78 is 18.7. The van der Waals surface area contributed by atoms with Gasteiger partial charge in [-0.1, -0.05) is 24.3 Å². The molecule has 6 heteroatoms. The van der Waals surface area contributed by atoms with Crippen molar-refractivity contribution >= 4 is 0 Å². The van der Waals surface area contributed by atoms with Gasteiger partial charge in [0.2, 0.25) is 0 Å². The zero-order valence-electron chi connectivity index (χ0n) is 16.3. The minimum absolute atomic E-state index is 0.685. The zero-order valence-corrected chi connectivity index (χ0v) is 16.3. The molecule has 0 N–H and O–H groups in total. The van der Waals surface area contributed by atoms with E-state index in [0.29, 0.717) is 6.61 Å². The van der Waals surface area contributed by atoms with Crippen molar-refractivity contribution in [3.05, 3.63) is 66.0 Å². The standard InChI is InChI=1S/C22H25N3O3/c1-26-20-9-4-3-8-19(20)25-15-17(13-23-25)14-24-11-6-12-28-22-18(16-24)7-5-10-21(22)27-2/h3-5,7-10,13,15H,6,11-12,14,16H2,1-2H3. The highest BCUT2D eigenvalue weighted by atomic mass is 16.5. The number of para-hydroxylation sites is 3. The van der Waals surface area contributed by atoms with Gasteiger partial charge in [-0.3, -0.25) is 4.90 Å². The van der Waals surface area contributed by atoms with E-state index in [1.807, 2.05) is 47.3 Å². The Kier molecular flexibility index (Phi) is 5.48. The molecule has 0 amide bonds. The first kappa shape index (κ1) is 18.4. The molecule has 1 aromatic heterocycles. The summed E-state index contributed by atoms with van der Waals surface area (Å²) >= 11 is 0. The lowest BCUT2D eigenvalue weighted by Crippen LogP contribution is -2.27. The third-order valence-electron chi connectivity index (χ3n) is 4.91. The summed E-state index contributed by atoms with van der Waals surface area (Å²) in [4.78, 5) is 2.42. The van der Waals surface area contributed by atoms with E-state index in [0.717, 1.165) is 60.1 Å². The predicted octanol–water partition coefficient (Wildman–Crippen LogP) is 3.67. The fourth-order valence-electron chi connectivity index (χ4n) is 3.58. The van der Waals surface area contributed by atoms with Crippen LogP contribution in [0.4, 0.5) is 0 Å². The topological polar surface area (TPSA) is 48.8 Å². The second-order valence-electron chi connectivity index (χ2n) is 6.83. The SMILES string of the molecule is COc1ccccc1-n1cc(CN2CCCOc3c(cccc3OC)C2)cn1. The van der Waals surface area contributed by atoms with Crippen molar-refractivity contribution in [1.82, 2.24) is 14.7 Å². The molecule has 2 heterocycles. The molecule has 146 valence electrons. The summed E-state index contributed by atoms with van der Waals surface area (Å²) in [5.74, 6) is 2.46. The van der Waals surface area contributed by atoms with Gasteiger partial charge in [-0.25, -0.2) is 4.68 Å². The molecule has 3 aromatic rings. The molecule has 6 nitrogen and oxygen atoms in total. The molecule has 1 aliphatic heterocycles. The lowest BCUT2D eigenvalue weighted by molar-refractivity contribution is 0.195. The van der Waals surface area contributed by atoms with E-state index in [4.69, 9.17) is 14.2 Å². The maximum atomic E-state index is 5.95. The van der Waals surface area contributed by atoms with Crippen LogP contribution >= 0.6 is 0 Å². The molecule has 1 aliphatic rings. The van der Waals surface area contributed by atoms with E-state index in [9.17, 15) is 0 Å². The highest BCUT2D eigenvalue weighted by Gasteiger charge is 2.18. The molecule has 4 rings (SSSR count). The van der Waals surface area contributed by atoms with Crippen molar-refractivity contribution < 1.29 is 14.2 Å². The number of nitrogens with zero attached hydrogens (tertiary/aromatic N) is 3. The molecule has 0 spiro atoms. The Hall–Kier alpha value is -2.99. The normalized spacial score (nSPS) is 14.5. The molecular formula is C22H25N3O3. The van der Waals surface area contributed by atoms with E-state index < -0.39 is 0 Å². The van der Waals surface area contributed by atoms with E-state index in [-0.39, 0.29) is 0 Å². The first-order valence-corrected chi connectivity index (χ1v) is 9.46. The molecule has 0 atom stereocenters. The number of aromatic nitrogens is 2. The second kappa shape index (κ2) is 8.35. The fourth-order valence-corrected chi connectivity index (χ4v) is 3.58. The van der Waals surface area contributed by atoms with Gasteiger partial charge in [0.25, 0.3) is 0 Å². The number of fused-ring (bicyclic) bond motifs is 1. The van der Waals surface area contributed by atoms with Crippen LogP contribution in [0.25, 0.3) is 5.69 Å². The van der Waals surface area contributed by atoms with Gasteiger partial charge < -0.3 is 14.2 Å². The zero-order chi connectivity index (χ0) is 19.3. The van der Waals surface area contributed by atoms with Crippen molar-refractivity contribution in [3.63, 3.8) is 0 Å². The van der Waals surface area contributed by atoms with E-state index in [1.165, 1.54) is 0 Å². The van der Waals surface area contributed by atoms with E-state index in [1.54, 1.807) is 14.2 Å². The molecule has 0 radical (unpaired) electrons. The molecule has 2 aromatic carbocycles. The Morgan fingerprint density at radius 2 is 1.86 bits per heavy atom. The average molecular weight is 379 g/mol. The van der Waals surface area contributed by atoms with Crippen molar-refractivity contribution in [2.45, 2.75) is 19.5 Å². The Morgan fingerprint density at radius 1 is 1.04 bits per heavy atom. The largest absolute Gasteiger partial charge is 0.494 e. The highest BCUT2D eigenvalue weighted by Crippen LogP contribution is 2.33. The molecule has 0 aliphatic carbocycles. The minimum atomic E-state index is 0.685. The Labute approximate surface area is 165 Å². The molecule has 0 unspecified atom stereocenters. The number of benzene rings is 2. The molecule has 0 fully saturated rings. The first-order valence-electron chi connectivity index (χ1n) is 9.46. The second-order valence-corrected chi connectivity index (χ2v) is 6.83. The van der Waals surface area contributed by atoms with E-state index >= 15 is 0 Å². The monoisotopic (exact) mass is 379 g/mol. The molecular weight excluding hydrogens is 354 g/mol. The smallest absolute Gasteiger partial charge is 0.165 e. The summed E-state index contributed by atoms with van der Waals surface area (Å²) in [6.45, 7) is 3.29. The number of hydrogen-bond donors (Lipinski definition) is 0. The number of hydrogen-bond acceptors (Lipinski definition) is 5. The van der Waals surface area contributed by atoms with Gasteiger partial charge in [0.05, 0.1) is 27.0 Å². The van der Waals surface area contributed by atoms with E-state index in [2.05, 4.69) is 22.3 Å². The first-order chi connectivity index (χ1) is 13.8. The summed E-state index contributed by atoms with van der Waals surface area (Å²) in [7, 11) is 3.36. The van der Waals surface area contributed by atoms with Crippen molar-refractivity contribution in [1.29, 1.82) is 0 Å². The number of methoxy groups -OCH3 is 2. The lowest BCUT2D eigenvalue weighted by atomic mass is 10.1. The van der Waals surface area contributed by atoms with Crippen LogP contribution in [0.2, 0.25) is 0 Å². The van der Waals surface area contributed by atoms with Crippen LogP contribution in [0.3, 0.4) is 0 Å². The third kappa shape index (κ3) is 3.82. The molecule has 28 heavy (non-hydrogen) atoms. The van der Waals surface area contributed by atoms with Crippen LogP contribution in [0.1, 0.15) is 17.5 Å². The molecule has 0 bridgehead atoms. The van der Waals surface area contributed by atoms with Gasteiger partial charge in [0, 0.05) is 37.0 Å². The Balaban J connectivity index is 1.54. The van der Waals surface area contributed by atoms with Crippen molar-refractivity contribution in [2.24, 2.45) is 0 Å². The predicted molar refractivity (Wildman–Crippen MR) is 107 cm³/mol. The Morgan fingerprint density at radius 3 is 2.71 bits per heavy atom. The highest BCUT2D eigenvalue weighted by molar-refractivity contribution is 5.47. The van der Waals surface area contributed by atoms with Crippen LogP contribution in [-0.4, -0.2) is 42.1 Å². The van der Waals surface area contributed by atoms with Gasteiger partial charge in [-0.15, -0.1) is 0 Å². The van der Waals surface area contributed by atoms with Gasteiger partial charge in [0.15, 0.2) is 11.5 Å². The quantitative estimate of drug-likeness (QED) is 0.677. The van der Waals surface area contributed by atoms with Gasteiger partial charge >= 0.3 is 0 Å². The molecule has 0 saturated heterocycles. The maximum Gasteiger partial charge on any atom is 0.165 e. The maximum absolute atomic E-state index is 5.95. The van der Waals surface area contributed by atoms with Gasteiger partial charge in [-0.05, 0) is 24.6 Å². The minimum Gasteiger partial charge on any atom is -0.494 e. The van der Waals surface area contributed by atoms with Crippen LogP contribution in [-0.2, 0) is 13.1 Å². The van der Waals surface area contributed by atoms with Crippen molar-refractivity contribution in [2.75, 3.05) is 27.4 Å². The summed E-state index contributed by atoms with van der Waals surface area (Å²) in [6.07, 6.45) is 4.96. The summed E-state index contributed by atoms with van der Waals surface area (Å²) in [5.41, 5.74) is 3.25. The van der Waals surface area contributed by atoms with Gasteiger partial charge in [0.1, 0.15) is 11.4 Å². The van der Waals surface area contributed by atoms with Gasteiger partial charge in [-0.2, -0.15) is 5.10 Å². The van der Waals surface area contributed by atoms with Crippen LogP contribution in [0, 0.1) is 0 Å². The van der Waals surface area contributed by atoms with Crippen molar-refractivity contribution in [3.8, 4) is 22.9 Å². The summed E-state index contributed by atoms with van der Waals surface area (Å²) in [5, 5.41) is 4.54. The summed E-state index contributed by atoms with van der Waals surface area (Å²) in [6, 6.07) is 14.0. The Bertz CT molecular complexity index is 938. The molecule has 0 saturated carbocycles. The van der Waals surface area contributed by atoms with Crippen LogP contribution in [0.5, 0.6) is 17.2 Å².